The number of aliphatic hydroxyl groups excluding tert-OH is 2. The number of ether oxygens (including phenoxy) is 1. The highest BCUT2D eigenvalue weighted by molar-refractivity contribution is 5.66. The molecular formula is C30H52O5. The number of esters is 1. The molecule has 0 aromatic heterocycles. The number of carbonyl (C=O) groups excluding carboxylic acids is 1. The Bertz CT molecular complexity index is 783. The third kappa shape index (κ3) is 4.30. The number of aliphatic hydroxyl groups is 3. The van der Waals surface area contributed by atoms with Crippen molar-refractivity contribution in [3.05, 3.63) is 0 Å². The first-order chi connectivity index (χ1) is 16.3. The van der Waals surface area contributed by atoms with Crippen LogP contribution in [0, 0.1) is 52.3 Å². The Hall–Kier alpha value is -0.650. The summed E-state index contributed by atoms with van der Waals surface area (Å²) in [5.41, 5.74) is -1.75. The zero-order chi connectivity index (χ0) is 25.9. The molecule has 4 saturated carbocycles. The number of carbonyl (C=O) groups is 1. The van der Waals surface area contributed by atoms with E-state index >= 15 is 0 Å². The van der Waals surface area contributed by atoms with Crippen LogP contribution >= 0.6 is 0 Å². The van der Waals surface area contributed by atoms with E-state index in [1.54, 1.807) is 0 Å². The Morgan fingerprint density at radius 2 is 1.66 bits per heavy atom. The molecule has 5 heteroatoms. The van der Waals surface area contributed by atoms with Gasteiger partial charge in [0.2, 0.25) is 0 Å². The van der Waals surface area contributed by atoms with Crippen molar-refractivity contribution >= 4 is 5.97 Å². The van der Waals surface area contributed by atoms with Gasteiger partial charge in [0.25, 0.3) is 0 Å². The van der Waals surface area contributed by atoms with Crippen molar-refractivity contribution in [3.63, 3.8) is 0 Å². The summed E-state index contributed by atoms with van der Waals surface area (Å²) < 4.78 is 5.89. The smallest absolute Gasteiger partial charge is 0.303 e. The lowest BCUT2D eigenvalue weighted by atomic mass is 9.41. The first-order valence-corrected chi connectivity index (χ1v) is 14.5. The number of hydrogen-bond acceptors (Lipinski definition) is 5. The third-order valence-electron chi connectivity index (χ3n) is 12.1. The van der Waals surface area contributed by atoms with Crippen LogP contribution in [-0.2, 0) is 9.53 Å². The zero-order valence-corrected chi connectivity index (χ0v) is 23.3. The van der Waals surface area contributed by atoms with Gasteiger partial charge in [0.15, 0.2) is 0 Å². The fourth-order valence-electron chi connectivity index (χ4n) is 9.59. The topological polar surface area (TPSA) is 87.0 Å². The fraction of sp³-hybridized carbons (Fsp3) is 0.967. The third-order valence-corrected chi connectivity index (χ3v) is 12.1. The van der Waals surface area contributed by atoms with Gasteiger partial charge < -0.3 is 20.1 Å². The Balaban J connectivity index is 1.64. The number of fused-ring (bicyclic) bond motifs is 5. The maximum Gasteiger partial charge on any atom is 0.303 e. The van der Waals surface area contributed by atoms with E-state index in [0.717, 1.165) is 25.2 Å². The average molecular weight is 493 g/mol. The van der Waals surface area contributed by atoms with Crippen molar-refractivity contribution in [1.82, 2.24) is 0 Å². The van der Waals surface area contributed by atoms with E-state index < -0.39 is 35.3 Å². The molecule has 0 aromatic rings. The molecule has 0 heterocycles. The molecular weight excluding hydrogens is 440 g/mol. The molecule has 202 valence electrons. The van der Waals surface area contributed by atoms with Crippen LogP contribution in [0.1, 0.15) is 106 Å². The lowest BCUT2D eigenvalue weighted by Gasteiger charge is -2.66. The molecule has 4 aliphatic carbocycles. The Morgan fingerprint density at radius 3 is 2.29 bits per heavy atom. The van der Waals surface area contributed by atoms with Crippen LogP contribution in [0.5, 0.6) is 0 Å². The molecule has 3 N–H and O–H groups in total. The Labute approximate surface area is 213 Å². The number of hydrogen-bond donors (Lipinski definition) is 3. The summed E-state index contributed by atoms with van der Waals surface area (Å²) in [5, 5.41) is 34.0. The minimum atomic E-state index is -1.43. The van der Waals surface area contributed by atoms with Gasteiger partial charge in [-0.3, -0.25) is 4.79 Å². The molecule has 0 spiro atoms. The van der Waals surface area contributed by atoms with Gasteiger partial charge in [0.05, 0.1) is 6.10 Å². The van der Waals surface area contributed by atoms with E-state index in [4.69, 9.17) is 4.74 Å². The molecule has 4 fully saturated rings. The SMILES string of the molecule is CC(=O)O[C@@H]1[C@H]2C3CC[C@H]([C@H](C)CC[C@H](C)C(C)C)[C@@]3(C)CCC2[C@@]2(C)CC[C@H](O)C[C@]2(O)[C@@H]1O. The maximum absolute atomic E-state index is 12.2. The van der Waals surface area contributed by atoms with Gasteiger partial charge in [-0.15, -0.1) is 0 Å². The molecule has 12 atom stereocenters. The summed E-state index contributed by atoms with van der Waals surface area (Å²) >= 11 is 0. The van der Waals surface area contributed by atoms with Gasteiger partial charge in [-0.2, -0.15) is 0 Å². The van der Waals surface area contributed by atoms with Crippen molar-refractivity contribution in [2.75, 3.05) is 0 Å². The average Bonchev–Trinajstić information content (AvgIpc) is 3.13. The second-order valence-electron chi connectivity index (χ2n) is 14.1. The van der Waals surface area contributed by atoms with Crippen molar-refractivity contribution in [1.29, 1.82) is 0 Å². The summed E-state index contributed by atoms with van der Waals surface area (Å²) in [6.45, 7) is 15.5. The maximum atomic E-state index is 12.2. The van der Waals surface area contributed by atoms with Crippen molar-refractivity contribution in [2.45, 2.75) is 130 Å². The van der Waals surface area contributed by atoms with Crippen LogP contribution in [0.15, 0.2) is 0 Å². The van der Waals surface area contributed by atoms with Gasteiger partial charge >= 0.3 is 5.97 Å². The summed E-state index contributed by atoms with van der Waals surface area (Å²) in [4.78, 5) is 12.2. The highest BCUT2D eigenvalue weighted by Gasteiger charge is 2.71. The fourth-order valence-corrected chi connectivity index (χ4v) is 9.59. The number of rotatable bonds is 6. The first kappa shape index (κ1) is 27.4. The Morgan fingerprint density at radius 1 is 0.971 bits per heavy atom. The molecule has 35 heavy (non-hydrogen) atoms. The first-order valence-electron chi connectivity index (χ1n) is 14.5. The van der Waals surface area contributed by atoms with E-state index in [-0.39, 0.29) is 23.7 Å². The molecule has 0 bridgehead atoms. The van der Waals surface area contributed by atoms with Gasteiger partial charge in [-0.05, 0) is 79.4 Å². The molecule has 0 radical (unpaired) electrons. The van der Waals surface area contributed by atoms with Crippen molar-refractivity contribution in [3.8, 4) is 0 Å². The highest BCUT2D eigenvalue weighted by Crippen LogP contribution is 2.69. The van der Waals surface area contributed by atoms with E-state index in [1.165, 1.54) is 26.2 Å². The van der Waals surface area contributed by atoms with Crippen molar-refractivity contribution < 1.29 is 24.9 Å². The van der Waals surface area contributed by atoms with Crippen LogP contribution in [0.2, 0.25) is 0 Å². The second-order valence-corrected chi connectivity index (χ2v) is 14.1. The standard InChI is InChI=1S/C30H52O5/c1-17(2)18(3)8-9-19(4)22-10-11-23-25-24(13-14-28(22,23)6)29(7)15-12-21(32)16-30(29,34)27(33)26(25)35-20(5)31/h17-19,21-27,32-34H,8-16H2,1-7H3/t18-,19+,21-,22+,23?,24?,25-,26+,27+,28+,29+,30-/m0/s1. The molecule has 2 unspecified atom stereocenters. The zero-order valence-electron chi connectivity index (χ0n) is 23.3. The van der Waals surface area contributed by atoms with Crippen molar-refractivity contribution in [2.24, 2.45) is 52.3 Å². The molecule has 0 saturated heterocycles. The van der Waals surface area contributed by atoms with Crippen LogP contribution in [-0.4, -0.2) is 45.2 Å². The predicted molar refractivity (Wildman–Crippen MR) is 137 cm³/mol. The Kier molecular flexibility index (Phi) is 7.50. The monoisotopic (exact) mass is 492 g/mol. The molecule has 4 rings (SSSR count). The van der Waals surface area contributed by atoms with Gasteiger partial charge in [-0.1, -0.05) is 54.4 Å². The minimum Gasteiger partial charge on any atom is -0.459 e. The van der Waals surface area contributed by atoms with E-state index in [0.29, 0.717) is 36.5 Å². The summed E-state index contributed by atoms with van der Waals surface area (Å²) in [6, 6.07) is 0. The summed E-state index contributed by atoms with van der Waals surface area (Å²) in [6.07, 6.45) is 5.95. The molecule has 0 aromatic carbocycles. The summed E-state index contributed by atoms with van der Waals surface area (Å²) in [5.74, 6) is 2.97. The summed E-state index contributed by atoms with van der Waals surface area (Å²) in [7, 11) is 0. The highest BCUT2D eigenvalue weighted by atomic mass is 16.6. The largest absolute Gasteiger partial charge is 0.459 e. The van der Waals surface area contributed by atoms with Gasteiger partial charge in [0.1, 0.15) is 17.8 Å². The van der Waals surface area contributed by atoms with E-state index in [9.17, 15) is 20.1 Å². The molecule has 0 aliphatic heterocycles. The molecule has 5 nitrogen and oxygen atoms in total. The van der Waals surface area contributed by atoms with Gasteiger partial charge in [-0.25, -0.2) is 0 Å². The lowest BCUT2D eigenvalue weighted by molar-refractivity contribution is -0.300. The molecule has 0 amide bonds. The van der Waals surface area contributed by atoms with Gasteiger partial charge in [0, 0.05) is 24.7 Å². The van der Waals surface area contributed by atoms with Crippen LogP contribution in [0.4, 0.5) is 0 Å². The van der Waals surface area contributed by atoms with E-state index in [1.807, 2.05) is 0 Å². The second kappa shape index (κ2) is 9.58. The lowest BCUT2D eigenvalue weighted by Crippen LogP contribution is -2.73. The quantitative estimate of drug-likeness (QED) is 0.436. The normalized spacial score (nSPS) is 49.1. The minimum absolute atomic E-state index is 0.0555. The predicted octanol–water partition coefficient (Wildman–Crippen LogP) is 5.34. The van der Waals surface area contributed by atoms with Crippen LogP contribution < -0.4 is 0 Å². The van der Waals surface area contributed by atoms with E-state index in [2.05, 4.69) is 41.5 Å². The van der Waals surface area contributed by atoms with Crippen LogP contribution in [0.25, 0.3) is 0 Å². The molecule has 4 aliphatic rings. The van der Waals surface area contributed by atoms with Crippen LogP contribution in [0.3, 0.4) is 0 Å².